The highest BCUT2D eigenvalue weighted by Crippen LogP contribution is 2.40. The second kappa shape index (κ2) is 4.31. The van der Waals surface area contributed by atoms with Crippen LogP contribution >= 0.6 is 0 Å². The second-order valence-electron chi connectivity index (χ2n) is 3.92. The summed E-state index contributed by atoms with van der Waals surface area (Å²) >= 11 is 0. The predicted molar refractivity (Wildman–Crippen MR) is 52.1 cm³/mol. The number of carbonyl (C=O) groups is 1. The van der Waals surface area contributed by atoms with Crippen LogP contribution in [0.3, 0.4) is 0 Å². The smallest absolute Gasteiger partial charge is 0.339 e. The molecule has 1 aromatic heterocycles. The number of hydrogen-bond donors (Lipinski definition) is 1. The van der Waals surface area contributed by atoms with Crippen molar-refractivity contribution in [1.29, 1.82) is 0 Å². The maximum Gasteiger partial charge on any atom is 0.408 e. The van der Waals surface area contributed by atoms with Crippen LogP contribution in [0.4, 0.5) is 13.2 Å². The van der Waals surface area contributed by atoms with Crippen LogP contribution < -0.4 is 5.32 Å². The minimum absolute atomic E-state index is 0.109. The van der Waals surface area contributed by atoms with E-state index in [9.17, 15) is 18.0 Å². The van der Waals surface area contributed by atoms with Gasteiger partial charge in [0.05, 0.1) is 6.20 Å². The van der Waals surface area contributed by atoms with Crippen LogP contribution in [0, 0.1) is 5.92 Å². The highest BCUT2D eigenvalue weighted by molar-refractivity contribution is 5.92. The maximum absolute atomic E-state index is 12.6. The van der Waals surface area contributed by atoms with Crippen molar-refractivity contribution in [2.75, 3.05) is 0 Å². The summed E-state index contributed by atoms with van der Waals surface area (Å²) in [5, 5.41) is 1.97. The molecule has 0 aromatic carbocycles. The Bertz CT molecular complexity index is 403. The first-order valence-corrected chi connectivity index (χ1v) is 5.12. The number of halogens is 3. The lowest BCUT2D eigenvalue weighted by atomic mass is 10.1. The summed E-state index contributed by atoms with van der Waals surface area (Å²) in [6.45, 7) is 0. The van der Waals surface area contributed by atoms with E-state index in [0.717, 1.165) is 6.20 Å². The highest BCUT2D eigenvalue weighted by Gasteiger charge is 2.49. The molecule has 7 heteroatoms. The van der Waals surface area contributed by atoms with Crippen molar-refractivity contribution < 1.29 is 18.0 Å². The van der Waals surface area contributed by atoms with Crippen LogP contribution in [0.25, 0.3) is 0 Å². The third kappa shape index (κ3) is 2.92. The van der Waals surface area contributed by atoms with E-state index >= 15 is 0 Å². The van der Waals surface area contributed by atoms with Gasteiger partial charge in [-0.2, -0.15) is 13.2 Å². The predicted octanol–water partition coefficient (Wildman–Crippen LogP) is 1.55. The molecular weight excluding hydrogens is 235 g/mol. The molecule has 1 saturated carbocycles. The van der Waals surface area contributed by atoms with Crippen LogP contribution in [-0.4, -0.2) is 28.1 Å². The normalized spacial score (nSPS) is 17.6. The van der Waals surface area contributed by atoms with Crippen molar-refractivity contribution in [3.05, 3.63) is 24.3 Å². The largest absolute Gasteiger partial charge is 0.408 e. The topological polar surface area (TPSA) is 54.9 Å². The molecule has 92 valence electrons. The van der Waals surface area contributed by atoms with E-state index in [0.29, 0.717) is 12.8 Å². The quantitative estimate of drug-likeness (QED) is 0.878. The molecule has 0 radical (unpaired) electrons. The number of aromatic nitrogens is 2. The Labute approximate surface area is 95.3 Å². The molecular formula is C10H10F3N3O. The van der Waals surface area contributed by atoms with Gasteiger partial charge in [-0.05, 0) is 18.8 Å². The Morgan fingerprint density at radius 3 is 2.59 bits per heavy atom. The Kier molecular flexibility index (Phi) is 2.99. The number of amides is 1. The zero-order valence-electron chi connectivity index (χ0n) is 8.74. The molecule has 1 aromatic rings. The Morgan fingerprint density at radius 2 is 2.12 bits per heavy atom. The lowest BCUT2D eigenvalue weighted by Crippen LogP contribution is -2.47. The van der Waals surface area contributed by atoms with Crippen molar-refractivity contribution in [2.24, 2.45) is 5.92 Å². The zero-order chi connectivity index (χ0) is 12.5. The molecule has 1 N–H and O–H groups in total. The molecule has 0 unspecified atom stereocenters. The van der Waals surface area contributed by atoms with Crippen molar-refractivity contribution in [1.82, 2.24) is 15.3 Å². The van der Waals surface area contributed by atoms with E-state index in [-0.39, 0.29) is 5.69 Å². The van der Waals surface area contributed by atoms with Crippen molar-refractivity contribution in [3.8, 4) is 0 Å². The zero-order valence-corrected chi connectivity index (χ0v) is 8.74. The maximum atomic E-state index is 12.6. The summed E-state index contributed by atoms with van der Waals surface area (Å²) in [5.74, 6) is -1.34. The molecule has 1 aliphatic carbocycles. The molecule has 0 aliphatic heterocycles. The van der Waals surface area contributed by atoms with Crippen LogP contribution in [0.2, 0.25) is 0 Å². The molecule has 4 nitrogen and oxygen atoms in total. The van der Waals surface area contributed by atoms with E-state index in [1.165, 1.54) is 12.4 Å². The van der Waals surface area contributed by atoms with Gasteiger partial charge in [-0.25, -0.2) is 4.98 Å². The van der Waals surface area contributed by atoms with E-state index in [1.54, 1.807) is 0 Å². The van der Waals surface area contributed by atoms with Gasteiger partial charge < -0.3 is 5.32 Å². The molecule has 0 bridgehead atoms. The summed E-state index contributed by atoms with van der Waals surface area (Å²) in [6.07, 6.45) is 0.304. The van der Waals surface area contributed by atoms with Gasteiger partial charge >= 0.3 is 6.18 Å². The molecule has 17 heavy (non-hydrogen) atoms. The van der Waals surface area contributed by atoms with Crippen LogP contribution in [0.15, 0.2) is 18.6 Å². The number of hydrogen-bond acceptors (Lipinski definition) is 3. The van der Waals surface area contributed by atoms with E-state index in [2.05, 4.69) is 9.97 Å². The van der Waals surface area contributed by atoms with Crippen LogP contribution in [0.1, 0.15) is 23.3 Å². The molecule has 1 heterocycles. The van der Waals surface area contributed by atoms with Crippen LogP contribution in [-0.2, 0) is 0 Å². The third-order valence-corrected chi connectivity index (χ3v) is 2.53. The van der Waals surface area contributed by atoms with E-state index in [1.807, 2.05) is 5.32 Å². The van der Waals surface area contributed by atoms with Crippen LogP contribution in [0.5, 0.6) is 0 Å². The van der Waals surface area contributed by atoms with Gasteiger partial charge in [0.25, 0.3) is 5.91 Å². The summed E-state index contributed by atoms with van der Waals surface area (Å²) in [6, 6.07) is -1.78. The van der Waals surface area contributed by atoms with Gasteiger partial charge in [-0.15, -0.1) is 0 Å². The average molecular weight is 245 g/mol. The second-order valence-corrected chi connectivity index (χ2v) is 3.92. The number of carbonyl (C=O) groups excluding carboxylic acids is 1. The van der Waals surface area contributed by atoms with Gasteiger partial charge in [0.15, 0.2) is 0 Å². The highest BCUT2D eigenvalue weighted by atomic mass is 19.4. The average Bonchev–Trinajstić information content (AvgIpc) is 3.09. The van der Waals surface area contributed by atoms with Gasteiger partial charge in [0.2, 0.25) is 0 Å². The fraction of sp³-hybridized carbons (Fsp3) is 0.500. The van der Waals surface area contributed by atoms with Gasteiger partial charge in [0, 0.05) is 12.4 Å². The molecule has 0 saturated heterocycles. The minimum atomic E-state index is -4.42. The minimum Gasteiger partial charge on any atom is -0.339 e. The fourth-order valence-electron chi connectivity index (χ4n) is 1.53. The molecule has 1 amide bonds. The summed E-state index contributed by atoms with van der Waals surface area (Å²) < 4.78 is 37.9. The molecule has 1 aliphatic rings. The number of nitrogens with one attached hydrogen (secondary N) is 1. The Hall–Kier alpha value is -1.66. The van der Waals surface area contributed by atoms with Crippen molar-refractivity contribution in [3.63, 3.8) is 0 Å². The molecule has 0 spiro atoms. The summed E-state index contributed by atoms with van der Waals surface area (Å²) in [7, 11) is 0. The Balaban J connectivity index is 2.06. The summed E-state index contributed by atoms with van der Waals surface area (Å²) in [5.41, 5.74) is -0.109. The summed E-state index contributed by atoms with van der Waals surface area (Å²) in [4.78, 5) is 18.8. The first-order valence-electron chi connectivity index (χ1n) is 5.12. The molecule has 1 atom stereocenters. The number of nitrogens with zero attached hydrogens (tertiary/aromatic N) is 2. The fourth-order valence-corrected chi connectivity index (χ4v) is 1.53. The van der Waals surface area contributed by atoms with E-state index < -0.39 is 24.0 Å². The monoisotopic (exact) mass is 245 g/mol. The van der Waals surface area contributed by atoms with Gasteiger partial charge in [-0.1, -0.05) is 0 Å². The van der Waals surface area contributed by atoms with Gasteiger partial charge in [-0.3, -0.25) is 9.78 Å². The first kappa shape index (κ1) is 11.8. The first-order chi connectivity index (χ1) is 7.98. The van der Waals surface area contributed by atoms with Gasteiger partial charge in [0.1, 0.15) is 11.7 Å². The van der Waals surface area contributed by atoms with E-state index in [4.69, 9.17) is 0 Å². The number of rotatable bonds is 3. The third-order valence-electron chi connectivity index (χ3n) is 2.53. The Morgan fingerprint density at radius 1 is 1.41 bits per heavy atom. The standard InChI is InChI=1S/C10H10F3N3O/c11-10(12,13)8(6-1-2-6)16-9(17)7-5-14-3-4-15-7/h3-6,8H,1-2H2,(H,16,17)/t8-/m0/s1. The molecule has 1 fully saturated rings. The van der Waals surface area contributed by atoms with Crippen molar-refractivity contribution >= 4 is 5.91 Å². The lowest BCUT2D eigenvalue weighted by Gasteiger charge is -2.20. The SMILES string of the molecule is O=C(N[C@@H](C1CC1)C(F)(F)F)c1cnccn1. The molecule has 2 rings (SSSR count). The number of alkyl halides is 3. The lowest BCUT2D eigenvalue weighted by molar-refractivity contribution is -0.158. The van der Waals surface area contributed by atoms with Crippen molar-refractivity contribution in [2.45, 2.75) is 25.1 Å².